The Morgan fingerprint density at radius 1 is 1.25 bits per heavy atom. The molecule has 0 aliphatic heterocycles. The summed E-state index contributed by atoms with van der Waals surface area (Å²) in [6.45, 7) is 0. The fourth-order valence-corrected chi connectivity index (χ4v) is 4.67. The van der Waals surface area contributed by atoms with Crippen LogP contribution in [0.5, 0.6) is 5.75 Å². The maximum Gasteiger partial charge on any atom is 0.252 e. The number of carbonyl (C=O) groups is 1. The number of benzene rings is 1. The molecular formula is C19H18Cl3N3O2S. The lowest BCUT2D eigenvalue weighted by atomic mass is 9.96. The molecule has 9 heteroatoms. The molecule has 0 radical (unpaired) electrons. The van der Waals surface area contributed by atoms with Crippen LogP contribution in [0, 0.1) is 11.3 Å². The van der Waals surface area contributed by atoms with Crippen LogP contribution in [0.4, 0.5) is 5.00 Å². The van der Waals surface area contributed by atoms with E-state index in [1.54, 1.807) is 31.4 Å². The summed E-state index contributed by atoms with van der Waals surface area (Å²) in [6, 6.07) is 8.84. The minimum absolute atomic E-state index is 0.396. The van der Waals surface area contributed by atoms with E-state index in [0.29, 0.717) is 21.9 Å². The van der Waals surface area contributed by atoms with Gasteiger partial charge >= 0.3 is 0 Å². The number of rotatable bonds is 5. The quantitative estimate of drug-likeness (QED) is 0.486. The molecule has 1 aliphatic carbocycles. The summed E-state index contributed by atoms with van der Waals surface area (Å²) in [4.78, 5) is 13.8. The first-order valence-electron chi connectivity index (χ1n) is 8.66. The Morgan fingerprint density at radius 2 is 1.93 bits per heavy atom. The number of nitrogens with one attached hydrogen (secondary N) is 2. The molecule has 28 heavy (non-hydrogen) atoms. The zero-order valence-electron chi connectivity index (χ0n) is 15.0. The van der Waals surface area contributed by atoms with Gasteiger partial charge in [-0.25, -0.2) is 0 Å². The van der Waals surface area contributed by atoms with Crippen molar-refractivity contribution in [1.82, 2.24) is 5.32 Å². The number of hydrogen-bond acceptors (Lipinski definition) is 5. The SMILES string of the molecule is COc1ccc(C(=O)N[C@H](Nc2sc3c(c2C#N)CCCC3)C(Cl)(Cl)Cl)cc1. The number of aryl methyl sites for hydroxylation is 1. The summed E-state index contributed by atoms with van der Waals surface area (Å²) in [5.74, 6) is 0.224. The lowest BCUT2D eigenvalue weighted by Crippen LogP contribution is -2.49. The second-order valence-electron chi connectivity index (χ2n) is 6.35. The number of nitriles is 1. The highest BCUT2D eigenvalue weighted by Gasteiger charge is 2.36. The Labute approximate surface area is 182 Å². The molecule has 1 atom stereocenters. The van der Waals surface area contributed by atoms with Crippen molar-refractivity contribution in [2.75, 3.05) is 12.4 Å². The lowest BCUT2D eigenvalue weighted by molar-refractivity contribution is 0.0942. The number of anilines is 1. The van der Waals surface area contributed by atoms with E-state index in [2.05, 4.69) is 16.7 Å². The van der Waals surface area contributed by atoms with Gasteiger partial charge in [-0.1, -0.05) is 34.8 Å². The van der Waals surface area contributed by atoms with Gasteiger partial charge in [0.2, 0.25) is 3.79 Å². The first-order valence-corrected chi connectivity index (χ1v) is 10.6. The Bertz CT molecular complexity index is 901. The summed E-state index contributed by atoms with van der Waals surface area (Å²) >= 11 is 19.8. The molecular weight excluding hydrogens is 441 g/mol. The van der Waals surface area contributed by atoms with Gasteiger partial charge in [0.1, 0.15) is 23.0 Å². The predicted octanol–water partition coefficient (Wildman–Crippen LogP) is 5.05. The molecule has 0 saturated carbocycles. The molecule has 3 rings (SSSR count). The van der Waals surface area contributed by atoms with Gasteiger partial charge < -0.3 is 15.4 Å². The third kappa shape index (κ3) is 4.66. The van der Waals surface area contributed by atoms with Gasteiger partial charge in [0.15, 0.2) is 0 Å². The number of thiophene rings is 1. The molecule has 0 bridgehead atoms. The molecule has 2 aromatic rings. The number of halogens is 3. The maximum atomic E-state index is 12.6. The smallest absolute Gasteiger partial charge is 0.252 e. The highest BCUT2D eigenvalue weighted by molar-refractivity contribution is 7.16. The largest absolute Gasteiger partial charge is 0.497 e. The fourth-order valence-electron chi connectivity index (χ4n) is 3.07. The number of methoxy groups -OCH3 is 1. The summed E-state index contributed by atoms with van der Waals surface area (Å²) in [6.07, 6.45) is 2.94. The normalized spacial score (nSPS) is 14.5. The number of fused-ring (bicyclic) bond motifs is 1. The van der Waals surface area contributed by atoms with E-state index in [1.807, 2.05) is 0 Å². The second kappa shape index (κ2) is 8.79. The van der Waals surface area contributed by atoms with E-state index in [4.69, 9.17) is 39.5 Å². The van der Waals surface area contributed by atoms with E-state index in [1.165, 1.54) is 16.2 Å². The summed E-state index contributed by atoms with van der Waals surface area (Å²) < 4.78 is 3.27. The molecule has 0 unspecified atom stereocenters. The van der Waals surface area contributed by atoms with Crippen molar-refractivity contribution < 1.29 is 9.53 Å². The van der Waals surface area contributed by atoms with Crippen LogP contribution in [0.25, 0.3) is 0 Å². The number of hydrogen-bond donors (Lipinski definition) is 2. The monoisotopic (exact) mass is 457 g/mol. The number of nitrogens with zero attached hydrogens (tertiary/aromatic N) is 1. The van der Waals surface area contributed by atoms with Gasteiger partial charge in [-0.2, -0.15) is 5.26 Å². The summed E-state index contributed by atoms with van der Waals surface area (Å²) in [7, 11) is 1.55. The lowest BCUT2D eigenvalue weighted by Gasteiger charge is -2.27. The Hall–Kier alpha value is -1.65. The van der Waals surface area contributed by atoms with Gasteiger partial charge in [-0.3, -0.25) is 4.79 Å². The van der Waals surface area contributed by atoms with Crippen molar-refractivity contribution >= 4 is 57.0 Å². The van der Waals surface area contributed by atoms with Crippen molar-refractivity contribution in [2.24, 2.45) is 0 Å². The number of amides is 1. The van der Waals surface area contributed by atoms with Crippen molar-refractivity contribution in [2.45, 2.75) is 35.6 Å². The molecule has 148 valence electrons. The van der Waals surface area contributed by atoms with E-state index < -0.39 is 15.9 Å². The molecule has 2 N–H and O–H groups in total. The average Bonchev–Trinajstić information content (AvgIpc) is 3.03. The maximum absolute atomic E-state index is 12.6. The Morgan fingerprint density at radius 3 is 2.54 bits per heavy atom. The number of ether oxygens (including phenoxy) is 1. The highest BCUT2D eigenvalue weighted by atomic mass is 35.6. The van der Waals surface area contributed by atoms with Gasteiger partial charge in [0, 0.05) is 10.4 Å². The van der Waals surface area contributed by atoms with Crippen molar-refractivity contribution in [1.29, 1.82) is 5.26 Å². The van der Waals surface area contributed by atoms with E-state index in [-0.39, 0.29) is 0 Å². The van der Waals surface area contributed by atoms with Gasteiger partial charge in [0.05, 0.1) is 12.7 Å². The first kappa shape index (κ1) is 21.1. The highest BCUT2D eigenvalue weighted by Crippen LogP contribution is 2.40. The average molecular weight is 459 g/mol. The zero-order valence-corrected chi connectivity index (χ0v) is 18.1. The van der Waals surface area contributed by atoms with Crippen LogP contribution in [0.2, 0.25) is 0 Å². The topological polar surface area (TPSA) is 74.2 Å². The van der Waals surface area contributed by atoms with Crippen LogP contribution >= 0.6 is 46.1 Å². The molecule has 0 fully saturated rings. The molecule has 0 saturated heterocycles. The summed E-state index contributed by atoms with van der Waals surface area (Å²) in [5.41, 5.74) is 2.02. The van der Waals surface area contributed by atoms with Gasteiger partial charge in [-0.15, -0.1) is 11.3 Å². The fraction of sp³-hybridized carbons (Fsp3) is 0.368. The Kier molecular flexibility index (Phi) is 6.61. The second-order valence-corrected chi connectivity index (χ2v) is 9.82. The molecule has 1 heterocycles. The van der Waals surface area contributed by atoms with Crippen LogP contribution in [-0.4, -0.2) is 23.0 Å². The van der Waals surface area contributed by atoms with Gasteiger partial charge in [0.25, 0.3) is 5.91 Å². The molecule has 1 aliphatic rings. The van der Waals surface area contributed by atoms with Crippen molar-refractivity contribution in [3.05, 3.63) is 45.8 Å². The van der Waals surface area contributed by atoms with Crippen LogP contribution < -0.4 is 15.4 Å². The van der Waals surface area contributed by atoms with Gasteiger partial charge in [-0.05, 0) is 55.5 Å². The molecule has 1 amide bonds. The van der Waals surface area contributed by atoms with Crippen molar-refractivity contribution in [3.63, 3.8) is 0 Å². The molecule has 1 aromatic carbocycles. The van der Waals surface area contributed by atoms with E-state index >= 15 is 0 Å². The molecule has 5 nitrogen and oxygen atoms in total. The van der Waals surface area contributed by atoms with E-state index in [0.717, 1.165) is 31.2 Å². The van der Waals surface area contributed by atoms with Crippen LogP contribution in [0.1, 0.15) is 39.2 Å². The van der Waals surface area contributed by atoms with E-state index in [9.17, 15) is 10.1 Å². The van der Waals surface area contributed by atoms with Crippen molar-refractivity contribution in [3.8, 4) is 11.8 Å². The first-order chi connectivity index (χ1) is 13.3. The third-order valence-electron chi connectivity index (χ3n) is 4.51. The Balaban J connectivity index is 1.82. The molecule has 0 spiro atoms. The number of alkyl halides is 3. The van der Waals surface area contributed by atoms with Crippen LogP contribution in [0.3, 0.4) is 0 Å². The minimum atomic E-state index is -1.82. The molecule has 1 aromatic heterocycles. The predicted molar refractivity (Wildman–Crippen MR) is 114 cm³/mol. The summed E-state index contributed by atoms with van der Waals surface area (Å²) in [5, 5.41) is 16.0. The minimum Gasteiger partial charge on any atom is -0.497 e. The number of carbonyl (C=O) groups excluding carboxylic acids is 1. The van der Waals surface area contributed by atoms with Crippen LogP contribution in [0.15, 0.2) is 24.3 Å². The van der Waals surface area contributed by atoms with Crippen LogP contribution in [-0.2, 0) is 12.8 Å². The third-order valence-corrected chi connectivity index (χ3v) is 6.39. The standard InChI is InChI=1S/C19H18Cl3N3O2S/c1-27-12-8-6-11(7-9-12)16(26)24-18(19(20,21)22)25-17-14(10-23)13-4-2-3-5-15(13)28-17/h6-9,18,25H,2-5H2,1H3,(H,24,26)/t18-/m1/s1. The zero-order chi connectivity index (χ0) is 20.3.